The molecule has 0 amide bonds. The van der Waals surface area contributed by atoms with Crippen LogP contribution in [0.2, 0.25) is 0 Å². The van der Waals surface area contributed by atoms with Gasteiger partial charge >= 0.3 is 11.9 Å². The van der Waals surface area contributed by atoms with Crippen LogP contribution in [0.15, 0.2) is 83.9 Å². The molecule has 3 aromatic rings. The molecule has 0 saturated heterocycles. The summed E-state index contributed by atoms with van der Waals surface area (Å²) >= 11 is 0. The van der Waals surface area contributed by atoms with Gasteiger partial charge < -0.3 is 14.8 Å². The molecule has 0 spiro atoms. The van der Waals surface area contributed by atoms with Crippen molar-refractivity contribution in [1.29, 1.82) is 0 Å². The second-order valence-corrected chi connectivity index (χ2v) is 6.57. The molecular formula is C22H17F3N2O2. The number of halogens is 3. The lowest BCUT2D eigenvalue weighted by Gasteiger charge is -2.31. The first-order valence-corrected chi connectivity index (χ1v) is 8.89. The fourth-order valence-corrected chi connectivity index (χ4v) is 2.96. The minimum atomic E-state index is -4.85. The van der Waals surface area contributed by atoms with Gasteiger partial charge in [-0.3, -0.25) is 0 Å². The minimum Gasteiger partial charge on any atom is -0.449 e. The van der Waals surface area contributed by atoms with Crippen LogP contribution < -0.4 is 14.8 Å². The van der Waals surface area contributed by atoms with Crippen LogP contribution >= 0.6 is 0 Å². The van der Waals surface area contributed by atoms with Crippen molar-refractivity contribution in [2.75, 3.05) is 5.32 Å². The zero-order valence-corrected chi connectivity index (χ0v) is 15.4. The maximum atomic E-state index is 14.5. The molecule has 0 fully saturated rings. The highest BCUT2D eigenvalue weighted by molar-refractivity contribution is 5.91. The highest BCUT2D eigenvalue weighted by Gasteiger charge is 2.61. The first kappa shape index (κ1) is 18.9. The summed E-state index contributed by atoms with van der Waals surface area (Å²) in [5.41, 5.74) is -1.76. The molecule has 0 bridgehead atoms. The molecule has 0 aromatic heterocycles. The molecule has 1 atom stereocenters. The van der Waals surface area contributed by atoms with Gasteiger partial charge in [-0.25, -0.2) is 0 Å². The normalized spacial score (nSPS) is 18.6. The monoisotopic (exact) mass is 398 g/mol. The number of hydrogen-bond acceptors (Lipinski definition) is 4. The highest BCUT2D eigenvalue weighted by Crippen LogP contribution is 2.47. The molecular weight excluding hydrogens is 381 g/mol. The molecule has 7 heteroatoms. The SMILES string of the molecule is Cc1ccc(C2(C(F)(F)F)N=C(Nc3ccccc3)Oc3ccccc3O2)cc1. The van der Waals surface area contributed by atoms with E-state index in [0.29, 0.717) is 5.69 Å². The predicted molar refractivity (Wildman–Crippen MR) is 104 cm³/mol. The number of anilines is 1. The van der Waals surface area contributed by atoms with Crippen molar-refractivity contribution in [1.82, 2.24) is 0 Å². The van der Waals surface area contributed by atoms with Crippen LogP contribution in [0.25, 0.3) is 0 Å². The van der Waals surface area contributed by atoms with E-state index in [1.807, 2.05) is 0 Å². The number of aryl methyl sites for hydroxylation is 1. The lowest BCUT2D eigenvalue weighted by Crippen LogP contribution is -2.46. The van der Waals surface area contributed by atoms with Gasteiger partial charge in [-0.05, 0) is 31.2 Å². The lowest BCUT2D eigenvalue weighted by atomic mass is 10.0. The average Bonchev–Trinajstić information content (AvgIpc) is 2.86. The quantitative estimate of drug-likeness (QED) is 0.607. The first-order valence-electron chi connectivity index (χ1n) is 8.89. The van der Waals surface area contributed by atoms with E-state index in [2.05, 4.69) is 10.3 Å². The zero-order valence-electron chi connectivity index (χ0n) is 15.4. The maximum Gasteiger partial charge on any atom is 0.455 e. The van der Waals surface area contributed by atoms with Gasteiger partial charge in [0.2, 0.25) is 0 Å². The number of nitrogens with one attached hydrogen (secondary N) is 1. The zero-order chi connectivity index (χ0) is 20.5. The van der Waals surface area contributed by atoms with E-state index in [1.54, 1.807) is 61.5 Å². The van der Waals surface area contributed by atoms with E-state index < -0.39 is 11.9 Å². The molecule has 1 aliphatic rings. The summed E-state index contributed by atoms with van der Waals surface area (Å²) in [4.78, 5) is 3.92. The van der Waals surface area contributed by atoms with Crippen molar-refractivity contribution in [3.05, 3.63) is 90.0 Å². The molecule has 4 rings (SSSR count). The van der Waals surface area contributed by atoms with Gasteiger partial charge in [-0.2, -0.15) is 18.2 Å². The molecule has 1 unspecified atom stereocenters. The van der Waals surface area contributed by atoms with E-state index in [9.17, 15) is 13.2 Å². The molecule has 0 aliphatic carbocycles. The standard InChI is InChI=1S/C22H17F3N2O2/c1-15-11-13-16(14-12-15)21(22(23,24)25)27-20(26-17-7-3-2-4-8-17)28-18-9-5-6-10-19(18)29-21/h2-14H,1H3,(H,26,27). The second kappa shape index (κ2) is 7.16. The largest absolute Gasteiger partial charge is 0.455 e. The van der Waals surface area contributed by atoms with E-state index in [4.69, 9.17) is 9.47 Å². The summed E-state index contributed by atoms with van der Waals surface area (Å²) in [5.74, 6) is 0.0759. The minimum absolute atomic E-state index is 0.0565. The maximum absolute atomic E-state index is 14.5. The number of rotatable bonds is 2. The van der Waals surface area contributed by atoms with Gasteiger partial charge in [0.25, 0.3) is 6.02 Å². The van der Waals surface area contributed by atoms with Gasteiger partial charge in [-0.1, -0.05) is 60.2 Å². The number of amidine groups is 1. The van der Waals surface area contributed by atoms with Crippen LogP contribution in [0.1, 0.15) is 11.1 Å². The number of nitrogens with zero attached hydrogens (tertiary/aromatic N) is 1. The fraction of sp³-hybridized carbons (Fsp3) is 0.136. The number of aliphatic imine (C=N–C) groups is 1. The summed E-state index contributed by atoms with van der Waals surface area (Å²) in [7, 11) is 0. The van der Waals surface area contributed by atoms with Crippen LogP contribution in [0.5, 0.6) is 11.5 Å². The van der Waals surface area contributed by atoms with Crippen molar-refractivity contribution in [3.63, 3.8) is 0 Å². The molecule has 148 valence electrons. The van der Waals surface area contributed by atoms with Gasteiger partial charge in [0.1, 0.15) is 0 Å². The number of benzene rings is 3. The Labute approximate surface area is 165 Å². The second-order valence-electron chi connectivity index (χ2n) is 6.57. The first-order chi connectivity index (χ1) is 13.9. The summed E-state index contributed by atoms with van der Waals surface area (Å²) in [6.45, 7) is 1.79. The van der Waals surface area contributed by atoms with Crippen molar-refractivity contribution in [2.45, 2.75) is 18.8 Å². The number of fused-ring (bicyclic) bond motifs is 1. The van der Waals surface area contributed by atoms with Crippen molar-refractivity contribution in [3.8, 4) is 11.5 Å². The highest BCUT2D eigenvalue weighted by atomic mass is 19.4. The average molecular weight is 398 g/mol. The van der Waals surface area contributed by atoms with Gasteiger partial charge in [0.05, 0.1) is 0 Å². The Bertz CT molecular complexity index is 1030. The fourth-order valence-electron chi connectivity index (χ4n) is 2.96. The Morgan fingerprint density at radius 2 is 1.45 bits per heavy atom. The topological polar surface area (TPSA) is 42.9 Å². The summed E-state index contributed by atoms with van der Waals surface area (Å²) in [6, 6.07) is 20.4. The molecule has 0 saturated carbocycles. The van der Waals surface area contributed by atoms with E-state index >= 15 is 0 Å². The Morgan fingerprint density at radius 3 is 2.10 bits per heavy atom. The molecule has 1 aliphatic heterocycles. The van der Waals surface area contributed by atoms with E-state index in [0.717, 1.165) is 5.56 Å². The molecule has 29 heavy (non-hydrogen) atoms. The molecule has 1 N–H and O–H groups in total. The molecule has 3 aromatic carbocycles. The smallest absolute Gasteiger partial charge is 0.449 e. The van der Waals surface area contributed by atoms with Crippen LogP contribution in [0.4, 0.5) is 18.9 Å². The molecule has 0 radical (unpaired) electrons. The van der Waals surface area contributed by atoms with Gasteiger partial charge in [0.15, 0.2) is 11.5 Å². The van der Waals surface area contributed by atoms with E-state index in [-0.39, 0.29) is 23.1 Å². The van der Waals surface area contributed by atoms with Crippen molar-refractivity contribution in [2.24, 2.45) is 4.99 Å². The van der Waals surface area contributed by atoms with Gasteiger partial charge in [0, 0.05) is 11.3 Å². The molecule has 1 heterocycles. The number of hydrogen-bond donors (Lipinski definition) is 1. The third kappa shape index (κ3) is 3.63. The summed E-state index contributed by atoms with van der Waals surface area (Å²) in [6.07, 6.45) is -4.85. The lowest BCUT2D eigenvalue weighted by molar-refractivity contribution is -0.251. The Morgan fingerprint density at radius 1 is 0.828 bits per heavy atom. The predicted octanol–water partition coefficient (Wildman–Crippen LogP) is 5.65. The molecule has 4 nitrogen and oxygen atoms in total. The number of para-hydroxylation sites is 3. The van der Waals surface area contributed by atoms with Crippen LogP contribution in [-0.4, -0.2) is 12.2 Å². The van der Waals surface area contributed by atoms with Crippen LogP contribution in [0.3, 0.4) is 0 Å². The summed E-state index contributed by atoms with van der Waals surface area (Å²) in [5, 5.41) is 2.82. The Hall–Kier alpha value is -3.48. The van der Waals surface area contributed by atoms with Crippen molar-refractivity contribution >= 4 is 11.7 Å². The van der Waals surface area contributed by atoms with Crippen LogP contribution in [-0.2, 0) is 5.72 Å². The Kier molecular flexibility index (Phi) is 4.66. The van der Waals surface area contributed by atoms with E-state index in [1.165, 1.54) is 24.3 Å². The number of alkyl halides is 3. The number of ether oxygens (including phenoxy) is 2. The summed E-state index contributed by atoms with van der Waals surface area (Å²) < 4.78 is 54.6. The van der Waals surface area contributed by atoms with Gasteiger partial charge in [-0.15, -0.1) is 0 Å². The van der Waals surface area contributed by atoms with Crippen LogP contribution in [0, 0.1) is 6.92 Å². The van der Waals surface area contributed by atoms with Crippen molar-refractivity contribution < 1.29 is 22.6 Å². The Balaban J connectivity index is 1.91. The third-order valence-corrected chi connectivity index (χ3v) is 4.42. The third-order valence-electron chi connectivity index (χ3n) is 4.42.